The second-order valence-corrected chi connectivity index (χ2v) is 10.4. The molecule has 0 N–H and O–H groups in total. The first-order chi connectivity index (χ1) is 14.3. The molecule has 1 aromatic rings. The first kappa shape index (κ1) is 22.8. The molecular weight excluding hydrogens is 350 g/mol. The van der Waals surface area contributed by atoms with E-state index in [4.69, 9.17) is 4.98 Å². The molecular formula is C28H47N. The molecule has 1 heteroatoms. The summed E-state index contributed by atoms with van der Waals surface area (Å²) in [6.07, 6.45) is 26.4. The van der Waals surface area contributed by atoms with Crippen molar-refractivity contribution in [1.82, 2.24) is 4.98 Å². The average Bonchev–Trinajstić information content (AvgIpc) is 2.78. The zero-order valence-electron chi connectivity index (χ0n) is 19.5. The highest BCUT2D eigenvalue weighted by atomic mass is 14.7. The maximum atomic E-state index is 4.74. The van der Waals surface area contributed by atoms with Gasteiger partial charge in [-0.2, -0.15) is 0 Å². The number of pyridine rings is 1. The smallest absolute Gasteiger partial charge is 0.0403 e. The highest BCUT2D eigenvalue weighted by Crippen LogP contribution is 2.43. The summed E-state index contributed by atoms with van der Waals surface area (Å²) in [5.41, 5.74) is 2.73. The third kappa shape index (κ3) is 7.72. The normalized spacial score (nSPS) is 27.8. The first-order valence-corrected chi connectivity index (χ1v) is 13.2. The van der Waals surface area contributed by atoms with Crippen molar-refractivity contribution in [3.63, 3.8) is 0 Å². The molecule has 2 aliphatic carbocycles. The van der Waals surface area contributed by atoms with Gasteiger partial charge >= 0.3 is 0 Å². The highest BCUT2D eigenvalue weighted by molar-refractivity contribution is 5.14. The number of nitrogens with zero attached hydrogens (tertiary/aromatic N) is 1. The largest absolute Gasteiger partial charge is 0.261 e. The lowest BCUT2D eigenvalue weighted by molar-refractivity contribution is 0.140. The van der Waals surface area contributed by atoms with Crippen LogP contribution in [-0.2, 0) is 12.8 Å². The van der Waals surface area contributed by atoms with Gasteiger partial charge in [0.15, 0.2) is 0 Å². The Balaban J connectivity index is 1.30. The Morgan fingerprint density at radius 1 is 0.690 bits per heavy atom. The average molecular weight is 398 g/mol. The lowest BCUT2D eigenvalue weighted by Crippen LogP contribution is -2.26. The lowest BCUT2D eigenvalue weighted by Gasteiger charge is -2.38. The van der Waals surface area contributed by atoms with E-state index in [9.17, 15) is 0 Å². The summed E-state index contributed by atoms with van der Waals surface area (Å²) in [7, 11) is 0. The van der Waals surface area contributed by atoms with Gasteiger partial charge in [-0.3, -0.25) is 4.98 Å². The zero-order chi connectivity index (χ0) is 20.3. The van der Waals surface area contributed by atoms with Crippen LogP contribution in [0.4, 0.5) is 0 Å². The van der Waals surface area contributed by atoms with E-state index in [1.165, 1.54) is 108 Å². The van der Waals surface area contributed by atoms with Gasteiger partial charge < -0.3 is 0 Å². The molecule has 164 valence electrons. The predicted molar refractivity (Wildman–Crippen MR) is 126 cm³/mol. The van der Waals surface area contributed by atoms with Crippen LogP contribution in [0.15, 0.2) is 18.3 Å². The second kappa shape index (κ2) is 12.8. The van der Waals surface area contributed by atoms with E-state index in [2.05, 4.69) is 32.2 Å². The topological polar surface area (TPSA) is 12.9 Å². The Morgan fingerprint density at radius 3 is 1.86 bits per heavy atom. The number of hydrogen-bond acceptors (Lipinski definition) is 1. The van der Waals surface area contributed by atoms with Crippen LogP contribution in [-0.4, -0.2) is 4.98 Å². The Kier molecular flexibility index (Phi) is 10.0. The molecule has 3 rings (SSSR count). The molecule has 0 aliphatic heterocycles. The van der Waals surface area contributed by atoms with Crippen molar-refractivity contribution < 1.29 is 0 Å². The molecule has 0 amide bonds. The summed E-state index contributed by atoms with van der Waals surface area (Å²) in [4.78, 5) is 4.74. The van der Waals surface area contributed by atoms with Crippen molar-refractivity contribution in [3.8, 4) is 0 Å². The highest BCUT2D eigenvalue weighted by Gasteiger charge is 2.30. The van der Waals surface area contributed by atoms with Crippen molar-refractivity contribution in [1.29, 1.82) is 0 Å². The van der Waals surface area contributed by atoms with Gasteiger partial charge in [-0.05, 0) is 86.7 Å². The fourth-order valence-corrected chi connectivity index (χ4v) is 6.06. The summed E-state index contributed by atoms with van der Waals surface area (Å²) in [5.74, 6) is 4.14. The van der Waals surface area contributed by atoms with Crippen LogP contribution in [0.1, 0.15) is 121 Å². The number of unbranched alkanes of at least 4 members (excludes halogenated alkanes) is 3. The quantitative estimate of drug-likeness (QED) is 0.341. The maximum absolute atomic E-state index is 4.74. The molecule has 0 radical (unpaired) electrons. The summed E-state index contributed by atoms with van der Waals surface area (Å²) < 4.78 is 0. The predicted octanol–water partition coefficient (Wildman–Crippen LogP) is 8.55. The van der Waals surface area contributed by atoms with Crippen LogP contribution in [0.5, 0.6) is 0 Å². The van der Waals surface area contributed by atoms with Crippen LogP contribution in [0, 0.1) is 23.7 Å². The van der Waals surface area contributed by atoms with E-state index in [0.717, 1.165) is 23.7 Å². The lowest BCUT2D eigenvalue weighted by atomic mass is 9.68. The molecule has 0 unspecified atom stereocenters. The van der Waals surface area contributed by atoms with Gasteiger partial charge in [0, 0.05) is 11.9 Å². The molecule has 29 heavy (non-hydrogen) atoms. The van der Waals surface area contributed by atoms with Crippen LogP contribution < -0.4 is 0 Å². The number of aryl methyl sites for hydroxylation is 2. The fraction of sp³-hybridized carbons (Fsp3) is 0.821. The third-order valence-electron chi connectivity index (χ3n) is 8.18. The van der Waals surface area contributed by atoms with Crippen LogP contribution in [0.25, 0.3) is 0 Å². The molecule has 2 aliphatic rings. The summed E-state index contributed by atoms with van der Waals surface area (Å²) in [6, 6.07) is 4.60. The minimum atomic E-state index is 0.957. The molecule has 1 aromatic heterocycles. The van der Waals surface area contributed by atoms with Crippen molar-refractivity contribution >= 4 is 0 Å². The fourth-order valence-electron chi connectivity index (χ4n) is 6.06. The van der Waals surface area contributed by atoms with Crippen LogP contribution in [0.3, 0.4) is 0 Å². The van der Waals surface area contributed by atoms with Gasteiger partial charge in [-0.25, -0.2) is 0 Å². The molecule has 0 atom stereocenters. The summed E-state index contributed by atoms with van der Waals surface area (Å²) >= 11 is 0. The van der Waals surface area contributed by atoms with Crippen molar-refractivity contribution in [2.45, 2.75) is 123 Å². The summed E-state index contributed by atoms with van der Waals surface area (Å²) in [5, 5.41) is 0. The zero-order valence-corrected chi connectivity index (χ0v) is 19.5. The van der Waals surface area contributed by atoms with Gasteiger partial charge in [0.1, 0.15) is 0 Å². The van der Waals surface area contributed by atoms with Crippen LogP contribution in [0.2, 0.25) is 0 Å². The molecule has 0 bridgehead atoms. The molecule has 0 spiro atoms. The minimum Gasteiger partial charge on any atom is -0.261 e. The number of hydrogen-bond donors (Lipinski definition) is 0. The Labute approximate surface area is 181 Å². The van der Waals surface area contributed by atoms with Crippen LogP contribution >= 0.6 is 0 Å². The molecule has 1 nitrogen and oxygen atoms in total. The van der Waals surface area contributed by atoms with Gasteiger partial charge in [0.2, 0.25) is 0 Å². The van der Waals surface area contributed by atoms with Gasteiger partial charge in [0.05, 0.1) is 0 Å². The first-order valence-electron chi connectivity index (χ1n) is 13.2. The molecule has 0 aromatic carbocycles. The number of aromatic nitrogens is 1. The maximum Gasteiger partial charge on any atom is 0.0403 e. The Morgan fingerprint density at radius 2 is 1.31 bits per heavy atom. The van der Waals surface area contributed by atoms with E-state index in [1.54, 1.807) is 12.8 Å². The minimum absolute atomic E-state index is 0.957. The Hall–Kier alpha value is -0.850. The van der Waals surface area contributed by atoms with E-state index < -0.39 is 0 Å². The molecule has 2 fully saturated rings. The van der Waals surface area contributed by atoms with E-state index in [1.807, 2.05) is 0 Å². The van der Waals surface area contributed by atoms with Crippen molar-refractivity contribution in [2.75, 3.05) is 0 Å². The van der Waals surface area contributed by atoms with Gasteiger partial charge in [0.25, 0.3) is 0 Å². The van der Waals surface area contributed by atoms with Crippen molar-refractivity contribution in [3.05, 3.63) is 29.6 Å². The van der Waals surface area contributed by atoms with Gasteiger partial charge in [-0.1, -0.05) is 77.7 Å². The van der Waals surface area contributed by atoms with E-state index in [0.29, 0.717) is 0 Å². The second-order valence-electron chi connectivity index (χ2n) is 10.4. The standard InChI is InChI=1S/C28H47N/c1-3-5-7-9-23-10-16-26(17-11-23)27-18-12-24(13-19-27)14-20-28-21-15-25(22-29-28)8-6-4-2/h15,21-24,26-27H,3-14,16-20H2,1-2H3/t23-,24-,26-,27-. The molecule has 0 saturated heterocycles. The van der Waals surface area contributed by atoms with E-state index in [-0.39, 0.29) is 0 Å². The SMILES string of the molecule is CCCCC[C@H]1CC[C@H]([C@H]2CC[C@H](CCc3ccc(CCCC)cn3)CC2)CC1. The number of rotatable bonds is 11. The van der Waals surface area contributed by atoms with Crippen molar-refractivity contribution in [2.24, 2.45) is 23.7 Å². The molecule has 2 saturated carbocycles. The van der Waals surface area contributed by atoms with Gasteiger partial charge in [-0.15, -0.1) is 0 Å². The molecule has 1 heterocycles. The monoisotopic (exact) mass is 397 g/mol. The Bertz CT molecular complexity index is 532. The van der Waals surface area contributed by atoms with E-state index >= 15 is 0 Å². The summed E-state index contributed by atoms with van der Waals surface area (Å²) in [6.45, 7) is 4.59. The third-order valence-corrected chi connectivity index (χ3v) is 8.18.